The molecular formula is C24H33N7O5. The second kappa shape index (κ2) is 15.2. The predicted molar refractivity (Wildman–Crippen MR) is 133 cm³/mol. The Hall–Kier alpha value is -3.87. The Morgan fingerprint density at radius 2 is 1.64 bits per heavy atom. The van der Waals surface area contributed by atoms with Crippen molar-refractivity contribution >= 4 is 23.6 Å². The van der Waals surface area contributed by atoms with Gasteiger partial charge in [-0.3, -0.25) is 10.1 Å². The van der Waals surface area contributed by atoms with E-state index in [9.17, 15) is 14.4 Å². The first kappa shape index (κ1) is 28.4. The second-order valence-corrected chi connectivity index (χ2v) is 7.80. The van der Waals surface area contributed by atoms with E-state index in [4.69, 9.17) is 20.9 Å². The van der Waals surface area contributed by atoms with Gasteiger partial charge in [-0.2, -0.15) is 0 Å². The second-order valence-electron chi connectivity index (χ2n) is 7.80. The van der Waals surface area contributed by atoms with Crippen LogP contribution < -0.4 is 32.2 Å². The van der Waals surface area contributed by atoms with Crippen LogP contribution in [0.3, 0.4) is 0 Å². The number of benzene rings is 2. The number of urea groups is 1. The summed E-state index contributed by atoms with van der Waals surface area (Å²) in [6.07, 6.45) is 0.264. The first-order chi connectivity index (χ1) is 17.3. The number of nitrogens with one attached hydrogen (secondary N) is 3. The molecule has 7 N–H and O–H groups in total. The summed E-state index contributed by atoms with van der Waals surface area (Å²) < 4.78 is 9.91. The molecule has 2 aromatic carbocycles. The Morgan fingerprint density at radius 1 is 0.944 bits per heavy atom. The highest BCUT2D eigenvalue weighted by molar-refractivity contribution is 5.90. The molecule has 0 fully saturated rings. The van der Waals surface area contributed by atoms with Crippen molar-refractivity contribution in [3.63, 3.8) is 0 Å². The maximum Gasteiger partial charge on any atom is 0.360 e. The number of esters is 1. The Labute approximate surface area is 209 Å². The molecule has 0 aromatic heterocycles. The summed E-state index contributed by atoms with van der Waals surface area (Å²) in [5.41, 5.74) is 12.1. The van der Waals surface area contributed by atoms with Crippen molar-refractivity contribution in [3.8, 4) is 5.75 Å². The summed E-state index contributed by atoms with van der Waals surface area (Å²) in [5.74, 6) is -0.532. The van der Waals surface area contributed by atoms with Gasteiger partial charge in [-0.25, -0.2) is 9.59 Å². The third-order valence-corrected chi connectivity index (χ3v) is 5.08. The minimum Gasteiger partial charge on any atom is -0.497 e. The fourth-order valence-corrected chi connectivity index (χ4v) is 3.23. The quantitative estimate of drug-likeness (QED) is 0.118. The van der Waals surface area contributed by atoms with Gasteiger partial charge in [0.1, 0.15) is 24.1 Å². The highest BCUT2D eigenvalue weighted by atomic mass is 16.5. The molecule has 0 radical (unpaired) electrons. The zero-order chi connectivity index (χ0) is 26.3. The van der Waals surface area contributed by atoms with Crippen LogP contribution in [0.25, 0.3) is 0 Å². The fraction of sp³-hybridized carbons (Fsp3) is 0.375. The summed E-state index contributed by atoms with van der Waals surface area (Å²) in [7, 11) is 2.78. The van der Waals surface area contributed by atoms with E-state index in [-0.39, 0.29) is 12.8 Å². The van der Waals surface area contributed by atoms with Crippen LogP contribution in [0.5, 0.6) is 5.75 Å². The first-order valence-corrected chi connectivity index (χ1v) is 11.4. The van der Waals surface area contributed by atoms with Crippen LogP contribution in [-0.4, -0.2) is 57.0 Å². The first-order valence-electron chi connectivity index (χ1n) is 11.4. The van der Waals surface area contributed by atoms with Gasteiger partial charge in [0, 0.05) is 6.42 Å². The zero-order valence-corrected chi connectivity index (χ0v) is 20.3. The maximum atomic E-state index is 13.1. The standard InChI is InChI=1S/C24H33N7O5/c1-35-18-12-10-17(11-13-18)30-31-24(34)29-20(15-16-7-4-3-5-8-16)21(32)28-19(22(33)36-2)9-6-14-27-23(25)26/h3-5,7-8,10-13,19-20,23,27H,6,9,14-15,25-26H2,1-2H3,(H,28,32)(H,29,34)/b31-30+. The number of carbonyl (C=O) groups is 3. The third-order valence-electron chi connectivity index (χ3n) is 5.08. The molecule has 0 bridgehead atoms. The third kappa shape index (κ3) is 10.2. The molecule has 2 rings (SSSR count). The molecule has 2 unspecified atom stereocenters. The number of azo groups is 1. The van der Waals surface area contributed by atoms with Crippen LogP contribution >= 0.6 is 0 Å². The molecule has 2 atom stereocenters. The van der Waals surface area contributed by atoms with Crippen molar-refractivity contribution in [2.45, 2.75) is 37.6 Å². The van der Waals surface area contributed by atoms with Crippen molar-refractivity contribution < 1.29 is 23.9 Å². The SMILES string of the molecule is COC(=O)C(CCCNC(N)N)NC(=O)C(Cc1ccccc1)NC(=O)/N=N/c1ccc(OC)cc1. The van der Waals surface area contributed by atoms with E-state index in [0.29, 0.717) is 24.4 Å². The number of hydrogen-bond acceptors (Lipinski definition) is 9. The van der Waals surface area contributed by atoms with Crippen molar-refractivity contribution in [3.05, 3.63) is 60.2 Å². The van der Waals surface area contributed by atoms with Crippen LogP contribution in [0, 0.1) is 0 Å². The topological polar surface area (TPSA) is 183 Å². The van der Waals surface area contributed by atoms with Crippen molar-refractivity contribution in [2.75, 3.05) is 20.8 Å². The Morgan fingerprint density at radius 3 is 2.25 bits per heavy atom. The lowest BCUT2D eigenvalue weighted by atomic mass is 10.0. The summed E-state index contributed by atoms with van der Waals surface area (Å²) >= 11 is 0. The van der Waals surface area contributed by atoms with Crippen molar-refractivity contribution in [1.82, 2.24) is 16.0 Å². The minimum absolute atomic E-state index is 0.175. The monoisotopic (exact) mass is 499 g/mol. The van der Waals surface area contributed by atoms with Crippen molar-refractivity contribution in [2.24, 2.45) is 21.7 Å². The van der Waals surface area contributed by atoms with E-state index in [1.807, 2.05) is 30.3 Å². The highest BCUT2D eigenvalue weighted by Gasteiger charge is 2.27. The molecule has 3 amide bonds. The molecule has 0 heterocycles. The van der Waals surface area contributed by atoms with E-state index in [1.165, 1.54) is 7.11 Å². The molecule has 0 aliphatic heterocycles. The Balaban J connectivity index is 2.10. The summed E-state index contributed by atoms with van der Waals surface area (Å²) in [5, 5.41) is 15.6. The number of nitrogens with two attached hydrogens (primary N) is 2. The molecule has 0 aliphatic rings. The summed E-state index contributed by atoms with van der Waals surface area (Å²) in [6.45, 7) is 0.441. The van der Waals surface area contributed by atoms with Crippen LogP contribution in [-0.2, 0) is 20.7 Å². The fourth-order valence-electron chi connectivity index (χ4n) is 3.23. The van der Waals surface area contributed by atoms with Gasteiger partial charge >= 0.3 is 12.0 Å². The van der Waals surface area contributed by atoms with Crippen LogP contribution in [0.1, 0.15) is 18.4 Å². The molecule has 36 heavy (non-hydrogen) atoms. The van der Waals surface area contributed by atoms with Gasteiger partial charge in [0.05, 0.1) is 19.9 Å². The number of methoxy groups -OCH3 is 2. The van der Waals surface area contributed by atoms with Gasteiger partial charge < -0.3 is 31.6 Å². The number of amides is 3. The van der Waals surface area contributed by atoms with Gasteiger partial charge in [-0.1, -0.05) is 35.4 Å². The van der Waals surface area contributed by atoms with Gasteiger partial charge in [0.15, 0.2) is 0 Å². The molecule has 12 nitrogen and oxygen atoms in total. The normalized spacial score (nSPS) is 12.7. The highest BCUT2D eigenvalue weighted by Crippen LogP contribution is 2.18. The average Bonchev–Trinajstić information content (AvgIpc) is 2.89. The van der Waals surface area contributed by atoms with Crippen LogP contribution in [0.15, 0.2) is 64.8 Å². The molecule has 0 aliphatic carbocycles. The summed E-state index contributed by atoms with van der Waals surface area (Å²) in [6, 6.07) is 13.0. The lowest BCUT2D eigenvalue weighted by molar-refractivity contribution is -0.145. The van der Waals surface area contributed by atoms with Crippen LogP contribution in [0.2, 0.25) is 0 Å². The number of carbonyl (C=O) groups excluding carboxylic acids is 3. The van der Waals surface area contributed by atoms with E-state index in [0.717, 1.165) is 5.56 Å². The van der Waals surface area contributed by atoms with Crippen LogP contribution in [0.4, 0.5) is 10.5 Å². The van der Waals surface area contributed by atoms with E-state index < -0.39 is 36.3 Å². The number of ether oxygens (including phenoxy) is 2. The van der Waals surface area contributed by atoms with Gasteiger partial charge in [-0.15, -0.1) is 5.11 Å². The molecule has 2 aromatic rings. The smallest absolute Gasteiger partial charge is 0.360 e. The van der Waals surface area contributed by atoms with Gasteiger partial charge in [-0.05, 0) is 49.2 Å². The minimum atomic E-state index is -1.02. The molecule has 0 saturated heterocycles. The molecule has 0 saturated carbocycles. The van der Waals surface area contributed by atoms with Gasteiger partial charge in [0.2, 0.25) is 5.91 Å². The molecule has 12 heteroatoms. The maximum absolute atomic E-state index is 13.1. The number of nitrogens with zero attached hydrogens (tertiary/aromatic N) is 2. The Bertz CT molecular complexity index is 1000. The largest absolute Gasteiger partial charge is 0.497 e. The Kier molecular flexibility index (Phi) is 12.0. The lowest BCUT2D eigenvalue weighted by Gasteiger charge is -2.22. The number of hydrogen-bond donors (Lipinski definition) is 5. The van der Waals surface area contributed by atoms with Gasteiger partial charge in [0.25, 0.3) is 0 Å². The predicted octanol–water partition coefficient (Wildman–Crippen LogP) is 1.33. The molecule has 194 valence electrons. The van der Waals surface area contributed by atoms with E-state index >= 15 is 0 Å². The van der Waals surface area contributed by atoms with Crippen molar-refractivity contribution in [1.29, 1.82) is 0 Å². The average molecular weight is 500 g/mol. The summed E-state index contributed by atoms with van der Waals surface area (Å²) in [4.78, 5) is 37.9. The zero-order valence-electron chi connectivity index (χ0n) is 20.3. The van der Waals surface area contributed by atoms with E-state index in [2.05, 4.69) is 26.2 Å². The molecular weight excluding hydrogens is 466 g/mol. The number of rotatable bonds is 13. The van der Waals surface area contributed by atoms with E-state index in [1.54, 1.807) is 31.4 Å². The molecule has 0 spiro atoms. The lowest BCUT2D eigenvalue weighted by Crippen LogP contribution is -2.52.